The molecule has 2 N–H and O–H groups in total. The molecule has 2 rings (SSSR count). The van der Waals surface area contributed by atoms with Gasteiger partial charge in [0.05, 0.1) is 13.2 Å². The molecule has 1 aromatic rings. The molecule has 1 aromatic heterocycles. The first-order chi connectivity index (χ1) is 8.29. The number of hydrogen-bond acceptors (Lipinski definition) is 6. The largest absolute Gasteiger partial charge is 0.379 e. The zero-order chi connectivity index (χ0) is 12.1. The molecule has 0 aromatic carbocycles. The van der Waals surface area contributed by atoms with Crippen LogP contribution in [0.5, 0.6) is 0 Å². The second-order valence-corrected chi connectivity index (χ2v) is 3.59. The molecule has 0 saturated carbocycles. The van der Waals surface area contributed by atoms with E-state index in [9.17, 15) is 4.79 Å². The van der Waals surface area contributed by atoms with E-state index in [1.807, 2.05) is 5.01 Å². The van der Waals surface area contributed by atoms with Gasteiger partial charge < -0.3 is 10.1 Å². The molecule has 0 bridgehead atoms. The summed E-state index contributed by atoms with van der Waals surface area (Å²) in [5.41, 5.74) is 3.07. The first-order valence-corrected chi connectivity index (χ1v) is 5.45. The fourth-order valence-corrected chi connectivity index (χ4v) is 1.46. The van der Waals surface area contributed by atoms with Gasteiger partial charge in [0, 0.05) is 20.1 Å². The topological polar surface area (TPSA) is 79.4 Å². The number of morpholine rings is 1. The molecule has 2 heterocycles. The van der Waals surface area contributed by atoms with E-state index in [2.05, 4.69) is 20.9 Å². The van der Waals surface area contributed by atoms with Gasteiger partial charge in [-0.05, 0) is 12.1 Å². The molecule has 0 unspecified atom stereocenters. The molecule has 0 spiro atoms. The van der Waals surface area contributed by atoms with Crippen LogP contribution in [0.15, 0.2) is 12.1 Å². The summed E-state index contributed by atoms with van der Waals surface area (Å²) >= 11 is 0. The highest BCUT2D eigenvalue weighted by Gasteiger charge is 2.15. The molecule has 0 aliphatic carbocycles. The van der Waals surface area contributed by atoms with Crippen molar-refractivity contribution in [1.82, 2.24) is 20.6 Å². The number of aromatic nitrogens is 2. The third-order valence-corrected chi connectivity index (χ3v) is 2.42. The van der Waals surface area contributed by atoms with Crippen molar-refractivity contribution in [3.63, 3.8) is 0 Å². The van der Waals surface area contributed by atoms with Crippen molar-refractivity contribution in [2.45, 2.75) is 0 Å². The predicted molar refractivity (Wildman–Crippen MR) is 61.4 cm³/mol. The zero-order valence-corrected chi connectivity index (χ0v) is 9.64. The maximum atomic E-state index is 11.8. The van der Waals surface area contributed by atoms with Gasteiger partial charge in [-0.15, -0.1) is 10.2 Å². The average Bonchev–Trinajstić information content (AvgIpc) is 2.40. The lowest BCUT2D eigenvalue weighted by molar-refractivity contribution is 0.0124. The van der Waals surface area contributed by atoms with Gasteiger partial charge >= 0.3 is 0 Å². The van der Waals surface area contributed by atoms with Crippen molar-refractivity contribution >= 4 is 11.7 Å². The van der Waals surface area contributed by atoms with Gasteiger partial charge in [0.25, 0.3) is 5.91 Å². The summed E-state index contributed by atoms with van der Waals surface area (Å²) in [6.45, 7) is 2.64. The number of nitrogens with zero attached hydrogens (tertiary/aromatic N) is 3. The number of carbonyl (C=O) groups excluding carboxylic acids is 1. The minimum Gasteiger partial charge on any atom is -0.379 e. The van der Waals surface area contributed by atoms with Crippen LogP contribution in [0.1, 0.15) is 10.5 Å². The number of ether oxygens (including phenoxy) is 1. The molecule has 0 radical (unpaired) electrons. The van der Waals surface area contributed by atoms with Crippen molar-refractivity contribution in [2.75, 3.05) is 38.7 Å². The number of carbonyl (C=O) groups is 1. The van der Waals surface area contributed by atoms with Gasteiger partial charge in [0.1, 0.15) is 5.82 Å². The molecule has 92 valence electrons. The Morgan fingerprint density at radius 3 is 2.71 bits per heavy atom. The van der Waals surface area contributed by atoms with Crippen molar-refractivity contribution in [3.8, 4) is 0 Å². The molecular weight excluding hydrogens is 222 g/mol. The Morgan fingerprint density at radius 2 is 2.12 bits per heavy atom. The monoisotopic (exact) mass is 237 g/mol. The van der Waals surface area contributed by atoms with Crippen molar-refractivity contribution in [1.29, 1.82) is 0 Å². The quantitative estimate of drug-likeness (QED) is 0.737. The summed E-state index contributed by atoms with van der Waals surface area (Å²) in [5.74, 6) is 0.384. The second kappa shape index (κ2) is 5.55. The van der Waals surface area contributed by atoms with Crippen LogP contribution in [-0.4, -0.2) is 54.5 Å². The molecular formula is C10H15N5O2. The summed E-state index contributed by atoms with van der Waals surface area (Å²) in [6.07, 6.45) is 0. The minimum absolute atomic E-state index is 0.248. The first kappa shape index (κ1) is 11.7. The molecule has 1 saturated heterocycles. The van der Waals surface area contributed by atoms with Crippen LogP contribution in [0.25, 0.3) is 0 Å². The third-order valence-electron chi connectivity index (χ3n) is 2.42. The van der Waals surface area contributed by atoms with Crippen molar-refractivity contribution in [3.05, 3.63) is 17.8 Å². The number of nitrogens with one attached hydrogen (secondary N) is 2. The highest BCUT2D eigenvalue weighted by Crippen LogP contribution is 2.01. The van der Waals surface area contributed by atoms with Gasteiger partial charge in [-0.2, -0.15) is 0 Å². The van der Waals surface area contributed by atoms with Gasteiger partial charge in [0.2, 0.25) is 0 Å². The van der Waals surface area contributed by atoms with Crippen LogP contribution in [0.2, 0.25) is 0 Å². The molecule has 0 atom stereocenters. The normalized spacial score (nSPS) is 16.5. The summed E-state index contributed by atoms with van der Waals surface area (Å²) < 4.78 is 5.19. The highest BCUT2D eigenvalue weighted by molar-refractivity contribution is 5.91. The second-order valence-electron chi connectivity index (χ2n) is 3.59. The van der Waals surface area contributed by atoms with Crippen LogP contribution in [0.3, 0.4) is 0 Å². The summed E-state index contributed by atoms with van der Waals surface area (Å²) in [4.78, 5) is 11.8. The minimum atomic E-state index is -0.248. The Balaban J connectivity index is 1.93. The van der Waals surface area contributed by atoms with Crippen LogP contribution < -0.4 is 10.7 Å². The van der Waals surface area contributed by atoms with E-state index in [0.29, 0.717) is 37.8 Å². The van der Waals surface area contributed by atoms with Gasteiger partial charge in [-0.1, -0.05) is 0 Å². The molecule has 1 fully saturated rings. The van der Waals surface area contributed by atoms with Crippen molar-refractivity contribution < 1.29 is 9.53 Å². The maximum absolute atomic E-state index is 11.8. The summed E-state index contributed by atoms with van der Waals surface area (Å²) in [6, 6.07) is 3.34. The Labute approximate surface area is 99.1 Å². The van der Waals surface area contributed by atoms with Crippen molar-refractivity contribution in [2.24, 2.45) is 0 Å². The van der Waals surface area contributed by atoms with Crippen LogP contribution in [0, 0.1) is 0 Å². The summed E-state index contributed by atoms with van der Waals surface area (Å²) in [5, 5.41) is 12.3. The SMILES string of the molecule is CNc1ccc(C(=O)NN2CCOCC2)nn1. The first-order valence-electron chi connectivity index (χ1n) is 5.45. The lowest BCUT2D eigenvalue weighted by atomic mass is 10.3. The fourth-order valence-electron chi connectivity index (χ4n) is 1.46. The van der Waals surface area contributed by atoms with Crippen LogP contribution in [0.4, 0.5) is 5.82 Å². The Kier molecular flexibility index (Phi) is 3.84. The van der Waals surface area contributed by atoms with E-state index in [1.165, 1.54) is 0 Å². The molecule has 1 amide bonds. The molecule has 7 nitrogen and oxygen atoms in total. The standard InChI is InChI=1S/C10H15N5O2/c1-11-9-3-2-8(12-13-9)10(16)14-15-4-6-17-7-5-15/h2-3H,4-7H2,1H3,(H,11,13)(H,14,16). The maximum Gasteiger partial charge on any atom is 0.286 e. The van der Waals surface area contributed by atoms with Crippen LogP contribution in [-0.2, 0) is 4.74 Å². The average molecular weight is 237 g/mol. The van der Waals surface area contributed by atoms with E-state index in [0.717, 1.165) is 0 Å². The lowest BCUT2D eigenvalue weighted by Crippen LogP contribution is -2.48. The number of rotatable bonds is 3. The van der Waals surface area contributed by atoms with Gasteiger partial charge in [0.15, 0.2) is 5.69 Å². The van der Waals surface area contributed by atoms with Crippen LogP contribution >= 0.6 is 0 Å². The Hall–Kier alpha value is -1.73. The molecule has 1 aliphatic heterocycles. The van der Waals surface area contributed by atoms with E-state index < -0.39 is 0 Å². The Morgan fingerprint density at radius 1 is 1.35 bits per heavy atom. The number of hydrogen-bond donors (Lipinski definition) is 2. The molecule has 1 aliphatic rings. The third kappa shape index (κ3) is 3.11. The number of hydrazine groups is 1. The number of anilines is 1. The predicted octanol–water partition coefficient (Wildman–Crippen LogP) is -0.505. The smallest absolute Gasteiger partial charge is 0.286 e. The molecule has 17 heavy (non-hydrogen) atoms. The molecule has 7 heteroatoms. The fraction of sp³-hybridized carbons (Fsp3) is 0.500. The van der Waals surface area contributed by atoms with Gasteiger partial charge in [-0.25, -0.2) is 5.01 Å². The highest BCUT2D eigenvalue weighted by atomic mass is 16.5. The Bertz CT molecular complexity index is 375. The number of amides is 1. The van der Waals surface area contributed by atoms with Gasteiger partial charge in [-0.3, -0.25) is 10.2 Å². The zero-order valence-electron chi connectivity index (χ0n) is 9.64. The van der Waals surface area contributed by atoms with E-state index in [1.54, 1.807) is 19.2 Å². The summed E-state index contributed by atoms with van der Waals surface area (Å²) in [7, 11) is 1.75. The van der Waals surface area contributed by atoms with E-state index in [4.69, 9.17) is 4.74 Å². The lowest BCUT2D eigenvalue weighted by Gasteiger charge is -2.26. The van der Waals surface area contributed by atoms with E-state index >= 15 is 0 Å². The van der Waals surface area contributed by atoms with E-state index in [-0.39, 0.29) is 5.91 Å².